The number of hydrogen-bond donors (Lipinski definition) is 1. The Morgan fingerprint density at radius 3 is 3.00 bits per heavy atom. The highest BCUT2D eigenvalue weighted by molar-refractivity contribution is 5.15. The maximum absolute atomic E-state index is 9.10. The van der Waals surface area contributed by atoms with E-state index in [-0.39, 0.29) is 6.10 Å². The van der Waals surface area contributed by atoms with Gasteiger partial charge in [-0.25, -0.2) is 0 Å². The van der Waals surface area contributed by atoms with E-state index in [1.807, 2.05) is 13.0 Å². The fourth-order valence-electron chi connectivity index (χ4n) is 1.25. The van der Waals surface area contributed by atoms with Gasteiger partial charge < -0.3 is 9.84 Å². The van der Waals surface area contributed by atoms with E-state index in [4.69, 9.17) is 15.1 Å². The third-order valence-electron chi connectivity index (χ3n) is 1.64. The van der Waals surface area contributed by atoms with Gasteiger partial charge in [0.15, 0.2) is 6.29 Å². The van der Waals surface area contributed by atoms with E-state index in [1.54, 1.807) is 0 Å². The second-order valence-corrected chi connectivity index (χ2v) is 2.74. The van der Waals surface area contributed by atoms with Gasteiger partial charge in [0.2, 0.25) is 0 Å². The lowest BCUT2D eigenvalue weighted by Gasteiger charge is -2.25. The summed E-state index contributed by atoms with van der Waals surface area (Å²) >= 11 is 0. The number of nitrogens with zero attached hydrogens (tertiary/aromatic N) is 1. The molecular formula is C8H11NO2. The summed E-state index contributed by atoms with van der Waals surface area (Å²) < 4.78 is 5.07. The van der Waals surface area contributed by atoms with Crippen molar-refractivity contribution >= 4 is 0 Å². The van der Waals surface area contributed by atoms with Crippen molar-refractivity contribution in [2.75, 3.05) is 0 Å². The molecule has 0 amide bonds. The van der Waals surface area contributed by atoms with Crippen LogP contribution in [0.15, 0.2) is 11.6 Å². The molecule has 11 heavy (non-hydrogen) atoms. The third-order valence-corrected chi connectivity index (χ3v) is 1.64. The first-order valence-electron chi connectivity index (χ1n) is 3.63. The number of nitriles is 1. The van der Waals surface area contributed by atoms with Crippen molar-refractivity contribution in [3.05, 3.63) is 11.6 Å². The van der Waals surface area contributed by atoms with Crippen molar-refractivity contribution in [1.29, 1.82) is 5.26 Å². The number of ether oxygens (including phenoxy) is 1. The second-order valence-electron chi connectivity index (χ2n) is 2.74. The van der Waals surface area contributed by atoms with Crippen molar-refractivity contribution < 1.29 is 9.84 Å². The van der Waals surface area contributed by atoms with Crippen molar-refractivity contribution in [3.63, 3.8) is 0 Å². The van der Waals surface area contributed by atoms with E-state index in [2.05, 4.69) is 0 Å². The van der Waals surface area contributed by atoms with Gasteiger partial charge in [-0.3, -0.25) is 0 Å². The molecule has 0 unspecified atom stereocenters. The summed E-state index contributed by atoms with van der Waals surface area (Å²) in [4.78, 5) is 0. The van der Waals surface area contributed by atoms with Crippen molar-refractivity contribution in [3.8, 4) is 6.07 Å². The summed E-state index contributed by atoms with van der Waals surface area (Å²) in [6, 6.07) is 1.95. The van der Waals surface area contributed by atoms with Crippen LogP contribution in [-0.4, -0.2) is 17.5 Å². The Kier molecular flexibility index (Phi) is 2.64. The molecule has 60 valence electrons. The molecule has 1 aliphatic rings. The van der Waals surface area contributed by atoms with Gasteiger partial charge in [0, 0.05) is 12.5 Å². The van der Waals surface area contributed by atoms with Gasteiger partial charge in [-0.1, -0.05) is 5.57 Å². The fraction of sp³-hybridized carbons (Fsp3) is 0.625. The van der Waals surface area contributed by atoms with Gasteiger partial charge in [0.05, 0.1) is 12.2 Å². The molecule has 0 aromatic carbocycles. The largest absolute Gasteiger partial charge is 0.368 e. The molecule has 0 bridgehead atoms. The first kappa shape index (κ1) is 8.25. The molecule has 0 aromatic rings. The highest BCUT2D eigenvalue weighted by Crippen LogP contribution is 2.22. The van der Waals surface area contributed by atoms with Gasteiger partial charge in [0.1, 0.15) is 0 Å². The zero-order valence-electron chi connectivity index (χ0n) is 6.45. The summed E-state index contributed by atoms with van der Waals surface area (Å²) in [6.07, 6.45) is 2.02. The molecule has 1 fully saturated rings. The van der Waals surface area contributed by atoms with Crippen LogP contribution in [0.4, 0.5) is 0 Å². The minimum atomic E-state index is -0.724. The number of aliphatic hydroxyl groups excluding tert-OH is 1. The normalized spacial score (nSPS) is 35.2. The van der Waals surface area contributed by atoms with Crippen LogP contribution in [0.2, 0.25) is 0 Å². The lowest BCUT2D eigenvalue weighted by Crippen LogP contribution is -2.26. The molecule has 0 radical (unpaired) electrons. The van der Waals surface area contributed by atoms with Crippen LogP contribution in [0.3, 0.4) is 0 Å². The quantitative estimate of drug-likeness (QED) is 0.527. The van der Waals surface area contributed by atoms with Crippen molar-refractivity contribution in [2.24, 2.45) is 0 Å². The summed E-state index contributed by atoms with van der Waals surface area (Å²) in [6.45, 7) is 1.88. The minimum Gasteiger partial charge on any atom is -0.368 e. The molecule has 1 aliphatic heterocycles. The predicted molar refractivity (Wildman–Crippen MR) is 39.5 cm³/mol. The molecule has 3 nitrogen and oxygen atoms in total. The monoisotopic (exact) mass is 153 g/mol. The predicted octanol–water partition coefficient (Wildman–Crippen LogP) is 0.954. The van der Waals surface area contributed by atoms with E-state index in [0.29, 0.717) is 6.42 Å². The van der Waals surface area contributed by atoms with E-state index in [1.165, 1.54) is 6.08 Å². The maximum atomic E-state index is 9.10. The van der Waals surface area contributed by atoms with Crippen LogP contribution in [0.1, 0.15) is 19.8 Å². The van der Waals surface area contributed by atoms with E-state index in [0.717, 1.165) is 12.0 Å². The van der Waals surface area contributed by atoms with E-state index in [9.17, 15) is 0 Å². The lowest BCUT2D eigenvalue weighted by molar-refractivity contribution is -0.142. The van der Waals surface area contributed by atoms with Gasteiger partial charge in [-0.2, -0.15) is 5.26 Å². The molecule has 3 heteroatoms. The van der Waals surface area contributed by atoms with Crippen LogP contribution in [0.5, 0.6) is 0 Å². The Morgan fingerprint density at radius 1 is 1.73 bits per heavy atom. The van der Waals surface area contributed by atoms with Crippen molar-refractivity contribution in [2.45, 2.75) is 32.2 Å². The zero-order valence-corrected chi connectivity index (χ0v) is 6.45. The van der Waals surface area contributed by atoms with Crippen LogP contribution in [0.25, 0.3) is 0 Å². The Bertz CT molecular complexity index is 193. The van der Waals surface area contributed by atoms with E-state index < -0.39 is 6.29 Å². The zero-order chi connectivity index (χ0) is 8.27. The number of rotatable bonds is 0. The topological polar surface area (TPSA) is 53.2 Å². The van der Waals surface area contributed by atoms with Gasteiger partial charge in [0.25, 0.3) is 0 Å². The van der Waals surface area contributed by atoms with Crippen LogP contribution < -0.4 is 0 Å². The average Bonchev–Trinajstić information content (AvgIpc) is 1.85. The molecule has 1 heterocycles. The lowest BCUT2D eigenvalue weighted by atomic mass is 10.0. The molecular weight excluding hydrogens is 142 g/mol. The fourth-order valence-corrected chi connectivity index (χ4v) is 1.25. The Balaban J connectivity index is 2.58. The number of allylic oxidation sites excluding steroid dienone is 1. The number of hydrogen-bond acceptors (Lipinski definition) is 3. The average molecular weight is 153 g/mol. The van der Waals surface area contributed by atoms with Crippen LogP contribution in [0, 0.1) is 11.3 Å². The molecule has 0 saturated carbocycles. The second kappa shape index (κ2) is 3.51. The Hall–Kier alpha value is -0.850. The van der Waals surface area contributed by atoms with Gasteiger partial charge in [-0.05, 0) is 13.3 Å². The molecule has 1 N–H and O–H groups in total. The summed E-state index contributed by atoms with van der Waals surface area (Å²) in [5.41, 5.74) is 0.971. The minimum absolute atomic E-state index is 0.0262. The molecule has 2 atom stereocenters. The molecule has 0 aliphatic carbocycles. The standard InChI is InChI=1S/C8H11NO2/c1-6-4-7(2-3-9)5-8(10)11-6/h2,6,8,10H,4-5H2,1H3/b7-2+/t6-,8-/m1/s1. The first-order valence-corrected chi connectivity index (χ1v) is 3.63. The van der Waals surface area contributed by atoms with Gasteiger partial charge in [-0.15, -0.1) is 0 Å². The summed E-state index contributed by atoms with van der Waals surface area (Å²) in [7, 11) is 0. The maximum Gasteiger partial charge on any atom is 0.158 e. The molecule has 1 rings (SSSR count). The highest BCUT2D eigenvalue weighted by atomic mass is 16.6. The van der Waals surface area contributed by atoms with Crippen LogP contribution in [-0.2, 0) is 4.74 Å². The number of aliphatic hydroxyl groups is 1. The summed E-state index contributed by atoms with van der Waals surface area (Å²) in [5.74, 6) is 0. The van der Waals surface area contributed by atoms with Crippen molar-refractivity contribution in [1.82, 2.24) is 0 Å². The first-order chi connectivity index (χ1) is 5.22. The SMILES string of the molecule is C[C@@H]1C/C(=C\C#N)C[C@H](O)O1. The molecule has 0 spiro atoms. The van der Waals surface area contributed by atoms with Gasteiger partial charge >= 0.3 is 0 Å². The summed E-state index contributed by atoms with van der Waals surface area (Å²) in [5, 5.41) is 17.4. The molecule has 1 saturated heterocycles. The van der Waals surface area contributed by atoms with E-state index >= 15 is 0 Å². The molecule has 0 aromatic heterocycles. The Labute approximate surface area is 65.9 Å². The van der Waals surface area contributed by atoms with Crippen LogP contribution >= 0.6 is 0 Å². The smallest absolute Gasteiger partial charge is 0.158 e. The highest BCUT2D eigenvalue weighted by Gasteiger charge is 2.19. The third kappa shape index (κ3) is 2.34. The Morgan fingerprint density at radius 2 is 2.45 bits per heavy atom.